The Balaban J connectivity index is 1.29. The van der Waals surface area contributed by atoms with Crippen LogP contribution in [0.4, 0.5) is 10.5 Å². The summed E-state index contributed by atoms with van der Waals surface area (Å²) in [6, 6.07) is 15.8. The summed E-state index contributed by atoms with van der Waals surface area (Å²) in [5, 5.41) is 0. The van der Waals surface area contributed by atoms with Crippen LogP contribution < -0.4 is 9.64 Å². The Hall–Kier alpha value is -2.53. The van der Waals surface area contributed by atoms with Gasteiger partial charge in [0.25, 0.3) is 0 Å². The van der Waals surface area contributed by atoms with Crippen molar-refractivity contribution in [2.75, 3.05) is 37.7 Å². The normalized spacial score (nSPS) is 16.6. The van der Waals surface area contributed by atoms with E-state index in [0.29, 0.717) is 19.8 Å². The van der Waals surface area contributed by atoms with Crippen LogP contribution in [0.25, 0.3) is 0 Å². The second-order valence-corrected chi connectivity index (χ2v) is 7.48. The number of fused-ring (bicyclic) bond motifs is 1. The zero-order valence-electron chi connectivity index (χ0n) is 16.3. The van der Waals surface area contributed by atoms with E-state index in [1.165, 1.54) is 32.4 Å². The van der Waals surface area contributed by atoms with E-state index >= 15 is 0 Å². The highest BCUT2D eigenvalue weighted by Crippen LogP contribution is 2.32. The number of carbonyl (C=O) groups is 1. The minimum atomic E-state index is -0.290. The lowest BCUT2D eigenvalue weighted by molar-refractivity contribution is 0.147. The number of anilines is 1. The van der Waals surface area contributed by atoms with Gasteiger partial charge in [-0.1, -0.05) is 36.8 Å². The molecule has 2 aliphatic heterocycles. The summed E-state index contributed by atoms with van der Waals surface area (Å²) >= 11 is 0. The number of hydrogen-bond acceptors (Lipinski definition) is 4. The zero-order chi connectivity index (χ0) is 19.2. The molecule has 0 aromatic heterocycles. The van der Waals surface area contributed by atoms with E-state index in [1.54, 1.807) is 4.90 Å². The van der Waals surface area contributed by atoms with Crippen LogP contribution in [0.1, 0.15) is 30.4 Å². The molecule has 0 bridgehead atoms. The van der Waals surface area contributed by atoms with E-state index < -0.39 is 0 Å². The third-order valence-corrected chi connectivity index (χ3v) is 5.50. The lowest BCUT2D eigenvalue weighted by Gasteiger charge is -2.26. The lowest BCUT2D eigenvalue weighted by Crippen LogP contribution is -2.33. The molecular weight excluding hydrogens is 352 g/mol. The minimum absolute atomic E-state index is 0.290. The SMILES string of the molecule is O=C(OCc1ccccc1)N1CCc2cc(OCCN3CCCCC3)ccc21. The number of rotatable bonds is 6. The van der Waals surface area contributed by atoms with E-state index in [2.05, 4.69) is 11.0 Å². The first-order valence-corrected chi connectivity index (χ1v) is 10.3. The van der Waals surface area contributed by atoms with Crippen LogP contribution in [0.2, 0.25) is 0 Å². The van der Waals surface area contributed by atoms with Gasteiger partial charge in [0, 0.05) is 13.1 Å². The molecule has 0 spiro atoms. The molecule has 0 aliphatic carbocycles. The molecule has 1 amide bonds. The van der Waals surface area contributed by atoms with Gasteiger partial charge in [0.2, 0.25) is 0 Å². The number of piperidine rings is 1. The number of benzene rings is 2. The van der Waals surface area contributed by atoms with Crippen LogP contribution in [-0.2, 0) is 17.8 Å². The summed E-state index contributed by atoms with van der Waals surface area (Å²) in [5.41, 5.74) is 3.07. The maximum absolute atomic E-state index is 12.5. The average molecular weight is 380 g/mol. The van der Waals surface area contributed by atoms with Crippen LogP contribution in [0.3, 0.4) is 0 Å². The zero-order valence-corrected chi connectivity index (χ0v) is 16.3. The Morgan fingerprint density at radius 3 is 2.61 bits per heavy atom. The van der Waals surface area contributed by atoms with Gasteiger partial charge < -0.3 is 9.47 Å². The van der Waals surface area contributed by atoms with Crippen LogP contribution in [-0.4, -0.2) is 43.8 Å². The van der Waals surface area contributed by atoms with Crippen molar-refractivity contribution < 1.29 is 14.3 Å². The summed E-state index contributed by atoms with van der Waals surface area (Å²) in [6.07, 6.45) is 4.50. The lowest BCUT2D eigenvalue weighted by atomic mass is 10.1. The molecule has 5 nitrogen and oxygen atoms in total. The van der Waals surface area contributed by atoms with Crippen LogP contribution in [0.5, 0.6) is 5.75 Å². The summed E-state index contributed by atoms with van der Waals surface area (Å²) < 4.78 is 11.4. The van der Waals surface area contributed by atoms with Crippen molar-refractivity contribution in [2.24, 2.45) is 0 Å². The van der Waals surface area contributed by atoms with Crippen molar-refractivity contribution >= 4 is 11.8 Å². The van der Waals surface area contributed by atoms with E-state index in [0.717, 1.165) is 35.5 Å². The Kier molecular flexibility index (Phi) is 6.12. The molecule has 1 saturated heterocycles. The fraction of sp³-hybridized carbons (Fsp3) is 0.435. The second kappa shape index (κ2) is 9.11. The number of likely N-dealkylation sites (tertiary alicyclic amines) is 1. The first kappa shape index (κ1) is 18.8. The Labute approximate surface area is 166 Å². The molecule has 0 N–H and O–H groups in total. The van der Waals surface area contributed by atoms with Gasteiger partial charge in [-0.25, -0.2) is 4.79 Å². The van der Waals surface area contributed by atoms with Crippen molar-refractivity contribution in [3.63, 3.8) is 0 Å². The topological polar surface area (TPSA) is 42.0 Å². The van der Waals surface area contributed by atoms with Crippen molar-refractivity contribution in [1.29, 1.82) is 0 Å². The number of hydrogen-bond donors (Lipinski definition) is 0. The third-order valence-electron chi connectivity index (χ3n) is 5.50. The van der Waals surface area contributed by atoms with Crippen molar-refractivity contribution in [3.8, 4) is 5.75 Å². The van der Waals surface area contributed by atoms with E-state index in [9.17, 15) is 4.79 Å². The van der Waals surface area contributed by atoms with Gasteiger partial charge in [-0.05, 0) is 61.7 Å². The molecule has 2 aromatic rings. The van der Waals surface area contributed by atoms with Gasteiger partial charge in [0.1, 0.15) is 19.0 Å². The predicted molar refractivity (Wildman–Crippen MR) is 110 cm³/mol. The maximum atomic E-state index is 12.5. The predicted octanol–water partition coefficient (Wildman–Crippen LogP) is 4.25. The van der Waals surface area contributed by atoms with Gasteiger partial charge in [0.05, 0.1) is 5.69 Å². The number of ether oxygens (including phenoxy) is 2. The van der Waals surface area contributed by atoms with Crippen LogP contribution in [0, 0.1) is 0 Å². The number of nitrogens with zero attached hydrogens (tertiary/aromatic N) is 2. The van der Waals surface area contributed by atoms with Gasteiger partial charge >= 0.3 is 6.09 Å². The van der Waals surface area contributed by atoms with E-state index in [4.69, 9.17) is 9.47 Å². The summed E-state index contributed by atoms with van der Waals surface area (Å²) in [6.45, 7) is 5.02. The quantitative estimate of drug-likeness (QED) is 0.751. The average Bonchev–Trinajstić information content (AvgIpc) is 3.17. The number of amides is 1. The van der Waals surface area contributed by atoms with E-state index in [-0.39, 0.29) is 6.09 Å². The summed E-state index contributed by atoms with van der Waals surface area (Å²) in [5.74, 6) is 0.885. The van der Waals surface area contributed by atoms with Crippen molar-refractivity contribution in [2.45, 2.75) is 32.3 Å². The maximum Gasteiger partial charge on any atom is 0.414 e. The number of carbonyl (C=O) groups excluding carboxylic acids is 1. The first-order valence-electron chi connectivity index (χ1n) is 10.3. The molecule has 2 heterocycles. The molecule has 0 radical (unpaired) electrons. The smallest absolute Gasteiger partial charge is 0.414 e. The fourth-order valence-corrected chi connectivity index (χ4v) is 3.93. The fourth-order valence-electron chi connectivity index (χ4n) is 3.93. The molecule has 28 heavy (non-hydrogen) atoms. The van der Waals surface area contributed by atoms with Gasteiger partial charge in [-0.2, -0.15) is 0 Å². The molecule has 5 heteroatoms. The molecule has 0 atom stereocenters. The molecule has 0 unspecified atom stereocenters. The first-order chi connectivity index (χ1) is 13.8. The summed E-state index contributed by atoms with van der Waals surface area (Å²) in [4.78, 5) is 16.7. The van der Waals surface area contributed by atoms with Crippen molar-refractivity contribution in [3.05, 3.63) is 59.7 Å². The molecule has 4 rings (SSSR count). The van der Waals surface area contributed by atoms with Crippen LogP contribution in [0.15, 0.2) is 48.5 Å². The van der Waals surface area contributed by atoms with Gasteiger partial charge in [-0.15, -0.1) is 0 Å². The van der Waals surface area contributed by atoms with Crippen molar-refractivity contribution in [1.82, 2.24) is 4.90 Å². The highest BCUT2D eigenvalue weighted by atomic mass is 16.6. The third kappa shape index (κ3) is 4.65. The van der Waals surface area contributed by atoms with Gasteiger partial charge in [-0.3, -0.25) is 9.80 Å². The monoisotopic (exact) mass is 380 g/mol. The van der Waals surface area contributed by atoms with Gasteiger partial charge in [0.15, 0.2) is 0 Å². The Morgan fingerprint density at radius 2 is 1.79 bits per heavy atom. The largest absolute Gasteiger partial charge is 0.492 e. The molecular formula is C23H28N2O3. The second-order valence-electron chi connectivity index (χ2n) is 7.48. The van der Waals surface area contributed by atoms with Crippen LogP contribution >= 0.6 is 0 Å². The Bertz CT molecular complexity index is 788. The molecule has 148 valence electrons. The highest BCUT2D eigenvalue weighted by Gasteiger charge is 2.26. The molecule has 1 fully saturated rings. The standard InChI is InChI=1S/C23H28N2O3/c26-23(28-18-19-7-3-1-4-8-19)25-14-11-20-17-21(9-10-22(20)25)27-16-15-24-12-5-2-6-13-24/h1,3-4,7-10,17H,2,5-6,11-16,18H2. The molecule has 0 saturated carbocycles. The molecule has 2 aliphatic rings. The highest BCUT2D eigenvalue weighted by molar-refractivity contribution is 5.90. The Morgan fingerprint density at radius 1 is 0.964 bits per heavy atom. The minimum Gasteiger partial charge on any atom is -0.492 e. The molecule has 2 aromatic carbocycles. The summed E-state index contributed by atoms with van der Waals surface area (Å²) in [7, 11) is 0. The van der Waals surface area contributed by atoms with E-state index in [1.807, 2.05) is 42.5 Å².